The first-order valence-electron chi connectivity index (χ1n) is 38.3. The molecule has 596 valence electrons. The van der Waals surface area contributed by atoms with Crippen molar-refractivity contribution in [3.8, 4) is 11.5 Å². The standard InChI is InChI=1S/C32H36N4O3S.C30H25N4O3PS.C29H23N4O4PS/c1-3-4-5-6-7-8-13-22-39-32(38)36-29-23-25(40-30-16-10-9-15-27(30)31(37)33-2)18-19-26(29)28(35-36)20-17-24-14-11-12-21-34-24;1-34(38(2)36-20-21-9-3-5-12-28(21)37-38)30(35)25-11-4-6-13-29(25)39-23-15-16-24-26(32-33-27(24)19-23)17-14-22-10-7-8-18-31-22;1-30-29(34)24-10-3-5-12-28(24)39-22-14-15-23-25(16-13-21-9-6-7-17-31-21)32-33(26(23)18-22)38(35)36-19-20-8-2-4-11-27(20)37-38/h9-12,14-21,23H,3-8,13,22H2,1-2H3,(H,33,37);3-19H,2,20H2,1H3,(H,32,33);2-18H,19H2,1H3,(H,30,34)/b20-17+;17-14+;16-13+. The number of hydrogen-bond acceptors (Lipinski definition) is 19. The molecule has 118 heavy (non-hydrogen) atoms. The van der Waals surface area contributed by atoms with Gasteiger partial charge in [-0.3, -0.25) is 43.6 Å². The third-order valence-electron chi connectivity index (χ3n) is 19.1. The molecule has 8 heterocycles. The molecule has 6 aromatic heterocycles. The summed E-state index contributed by atoms with van der Waals surface area (Å²) in [4.78, 5) is 69.8. The molecule has 0 radical (unpaired) electrons. The van der Waals surface area contributed by atoms with Crippen molar-refractivity contribution < 1.29 is 46.6 Å². The van der Waals surface area contributed by atoms with Crippen molar-refractivity contribution in [3.63, 3.8) is 0 Å². The molecule has 0 saturated carbocycles. The Kier molecular flexibility index (Phi) is 27.3. The summed E-state index contributed by atoms with van der Waals surface area (Å²) >= 11 is 4.41. The number of nitrogens with one attached hydrogen (secondary N) is 3. The van der Waals surface area contributed by atoms with E-state index in [-0.39, 0.29) is 24.3 Å². The fraction of sp³-hybridized carbons (Fsp3) is 0.154. The van der Waals surface area contributed by atoms with Crippen LogP contribution in [0.25, 0.3) is 69.2 Å². The van der Waals surface area contributed by atoms with Gasteiger partial charge in [-0.25, -0.2) is 9.36 Å². The number of ether oxygens (including phenoxy) is 1. The molecule has 0 aliphatic carbocycles. The number of nitrogens with zero attached hydrogens (tertiary/aromatic N) is 9. The van der Waals surface area contributed by atoms with E-state index in [4.69, 9.17) is 27.9 Å². The number of amides is 3. The lowest BCUT2D eigenvalue weighted by Crippen LogP contribution is -2.29. The maximum Gasteiger partial charge on any atom is 0.509 e. The molecular formula is C91H84N12O10P2S3. The second-order valence-electron chi connectivity index (χ2n) is 27.1. The first-order valence-corrected chi connectivity index (χ1v) is 44.1. The fourth-order valence-electron chi connectivity index (χ4n) is 12.8. The summed E-state index contributed by atoms with van der Waals surface area (Å²) in [5.41, 5.74) is 10.1. The molecule has 22 nitrogen and oxygen atoms in total. The van der Waals surface area contributed by atoms with Gasteiger partial charge >= 0.3 is 13.8 Å². The maximum atomic E-state index is 14.1. The van der Waals surface area contributed by atoms with Gasteiger partial charge in [0.25, 0.3) is 25.2 Å². The number of carbonyl (C=O) groups is 4. The highest BCUT2D eigenvalue weighted by Crippen LogP contribution is 2.57. The van der Waals surface area contributed by atoms with E-state index in [2.05, 4.69) is 54.1 Å². The normalized spacial score (nSPS) is 14.8. The van der Waals surface area contributed by atoms with Crippen molar-refractivity contribution in [2.75, 3.05) is 27.7 Å². The largest absolute Gasteiger partial charge is 0.509 e. The third kappa shape index (κ3) is 20.1. The van der Waals surface area contributed by atoms with Gasteiger partial charge < -0.3 is 28.9 Å². The van der Waals surface area contributed by atoms with Crippen molar-refractivity contribution >= 4 is 150 Å². The van der Waals surface area contributed by atoms with Crippen molar-refractivity contribution in [1.29, 1.82) is 0 Å². The van der Waals surface area contributed by atoms with E-state index < -0.39 is 21.3 Å². The Hall–Kier alpha value is -12.2. The van der Waals surface area contributed by atoms with Gasteiger partial charge in [0.2, 0.25) is 0 Å². The smallest absolute Gasteiger partial charge is 0.448 e. The molecule has 2 aliphatic heterocycles. The zero-order valence-electron chi connectivity index (χ0n) is 65.1. The second kappa shape index (κ2) is 39.2. The monoisotopic (exact) mass is 1660 g/mol. The second-order valence-corrected chi connectivity index (χ2v) is 34.5. The molecule has 0 saturated heterocycles. The van der Waals surface area contributed by atoms with Crippen molar-refractivity contribution in [3.05, 3.63) is 311 Å². The highest BCUT2D eigenvalue weighted by molar-refractivity contribution is 8.00. The average molecular weight is 1660 g/mol. The minimum Gasteiger partial charge on any atom is -0.448 e. The number of para-hydroxylation sites is 2. The average Bonchev–Trinajstić information content (AvgIpc) is 1.57. The summed E-state index contributed by atoms with van der Waals surface area (Å²) in [6, 6.07) is 72.2. The Morgan fingerprint density at radius 1 is 0.508 bits per heavy atom. The lowest BCUT2D eigenvalue weighted by atomic mass is 10.1. The van der Waals surface area contributed by atoms with E-state index in [9.17, 15) is 23.7 Å². The molecule has 0 fully saturated rings. The number of aromatic amines is 1. The molecule has 2 aliphatic rings. The number of benzene rings is 8. The van der Waals surface area contributed by atoms with Crippen molar-refractivity contribution in [2.24, 2.45) is 0 Å². The molecular weight excluding hydrogens is 1580 g/mol. The first-order chi connectivity index (χ1) is 57.6. The summed E-state index contributed by atoms with van der Waals surface area (Å²) in [6.45, 7) is 3.07. The number of unbranched alkanes of at least 4 members (excludes halogenated alkanes) is 6. The van der Waals surface area contributed by atoms with Crippen LogP contribution in [0.15, 0.2) is 278 Å². The van der Waals surface area contributed by atoms with E-state index >= 15 is 0 Å². The molecule has 16 rings (SSSR count). The van der Waals surface area contributed by atoms with Gasteiger partial charge in [-0.15, -0.1) is 0 Å². The van der Waals surface area contributed by atoms with Crippen LogP contribution in [0.4, 0.5) is 4.79 Å². The van der Waals surface area contributed by atoms with Crippen LogP contribution >= 0.6 is 50.5 Å². The number of fused-ring (bicyclic) bond motifs is 5. The molecule has 8 aromatic carbocycles. The SMILES string of the molecule is C=P1(N(C)C(=O)c2ccccc2Sc2ccc3c(/C=C/c4ccccn4)n[nH]c3c2)OCc2ccccc2O1.CCCCCCCCCOC(=O)n1nc(/C=C/c2ccccn2)c2ccc(Sc3ccccc3C(=O)NC)cc21.CNC(=O)c1ccccc1Sc1ccc2c(/C=C/c3ccccn3)nn(P3(=O)OCc4ccccc4O3)c2c1. The van der Waals surface area contributed by atoms with Crippen LogP contribution in [0.3, 0.4) is 0 Å². The summed E-state index contributed by atoms with van der Waals surface area (Å²) in [7, 11) is -1.82. The van der Waals surface area contributed by atoms with Crippen molar-refractivity contribution in [2.45, 2.75) is 94.5 Å². The zero-order chi connectivity index (χ0) is 81.8. The number of pyridine rings is 3. The van der Waals surface area contributed by atoms with Crippen LogP contribution in [-0.2, 0) is 31.6 Å². The van der Waals surface area contributed by atoms with E-state index in [1.807, 2.05) is 249 Å². The summed E-state index contributed by atoms with van der Waals surface area (Å²) in [6.07, 6.45) is 28.2. The quantitative estimate of drug-likeness (QED) is 0.0355. The minimum absolute atomic E-state index is 0.141. The van der Waals surface area contributed by atoms with Crippen LogP contribution in [0.5, 0.6) is 11.5 Å². The summed E-state index contributed by atoms with van der Waals surface area (Å²) < 4.78 is 47.9. The lowest BCUT2D eigenvalue weighted by molar-refractivity contribution is 0.0850. The Morgan fingerprint density at radius 2 is 0.966 bits per heavy atom. The van der Waals surface area contributed by atoms with Crippen LogP contribution in [0, 0.1) is 0 Å². The Bertz CT molecular complexity index is 6140. The summed E-state index contributed by atoms with van der Waals surface area (Å²) in [5, 5.41) is 24.9. The number of carbonyl (C=O) groups excluding carboxylic acids is 4. The van der Waals surface area contributed by atoms with Gasteiger partial charge in [0, 0.05) is 96.4 Å². The highest BCUT2D eigenvalue weighted by Gasteiger charge is 2.38. The van der Waals surface area contributed by atoms with E-state index in [0.717, 1.165) is 104 Å². The maximum absolute atomic E-state index is 14.1. The topological polar surface area (TPSA) is 262 Å². The zero-order valence-corrected chi connectivity index (χ0v) is 69.4. The number of H-pyrrole nitrogens is 1. The third-order valence-corrected chi connectivity index (χ3v) is 26.0. The number of hydrogen-bond donors (Lipinski definition) is 3. The number of aromatic nitrogens is 9. The Morgan fingerprint density at radius 3 is 1.53 bits per heavy atom. The van der Waals surface area contributed by atoms with Gasteiger partial charge in [0.1, 0.15) is 11.5 Å². The van der Waals surface area contributed by atoms with Crippen LogP contribution < -0.4 is 19.7 Å². The van der Waals surface area contributed by atoms with Gasteiger partial charge in [-0.2, -0.15) is 24.4 Å². The predicted molar refractivity (Wildman–Crippen MR) is 471 cm³/mol. The molecule has 0 bridgehead atoms. The Balaban J connectivity index is 0.000000145. The molecule has 2 atom stereocenters. The predicted octanol–water partition coefficient (Wildman–Crippen LogP) is 21.7. The lowest BCUT2D eigenvalue weighted by Gasteiger charge is -2.36. The van der Waals surface area contributed by atoms with Gasteiger partial charge in [0.05, 0.1) is 87.2 Å². The van der Waals surface area contributed by atoms with Crippen LogP contribution in [-0.4, -0.2) is 107 Å². The fourth-order valence-corrected chi connectivity index (χ4v) is 18.9. The minimum atomic E-state index is -3.87. The molecule has 2 unspecified atom stereocenters. The van der Waals surface area contributed by atoms with Gasteiger partial charge in [-0.1, -0.05) is 172 Å². The first kappa shape index (κ1) is 82.4. The van der Waals surface area contributed by atoms with E-state index in [1.54, 1.807) is 57.9 Å². The molecule has 14 aromatic rings. The summed E-state index contributed by atoms with van der Waals surface area (Å²) in [5.74, 6) is 0.691. The van der Waals surface area contributed by atoms with Crippen LogP contribution in [0.2, 0.25) is 0 Å². The highest BCUT2D eigenvalue weighted by atomic mass is 32.2. The number of rotatable bonds is 25. The van der Waals surface area contributed by atoms with E-state index in [1.165, 1.54) is 74.8 Å². The molecule has 3 N–H and O–H groups in total. The van der Waals surface area contributed by atoms with Crippen LogP contribution in [0.1, 0.15) is 128 Å². The molecule has 27 heteroatoms. The molecule has 0 spiro atoms. The van der Waals surface area contributed by atoms with Gasteiger partial charge in [0.15, 0.2) is 0 Å². The van der Waals surface area contributed by atoms with Gasteiger partial charge in [-0.05, 0) is 189 Å². The Labute approximate surface area is 696 Å². The van der Waals surface area contributed by atoms with E-state index in [0.29, 0.717) is 63.8 Å². The van der Waals surface area contributed by atoms with Crippen molar-refractivity contribution in [1.82, 2.24) is 59.8 Å². The molecule has 3 amide bonds.